The number of hydrogen-bond donors (Lipinski definition) is 3. The summed E-state index contributed by atoms with van der Waals surface area (Å²) in [5, 5.41) is 5.80. The molecule has 5 nitrogen and oxygen atoms in total. The summed E-state index contributed by atoms with van der Waals surface area (Å²) < 4.78 is 0. The van der Waals surface area contributed by atoms with Crippen LogP contribution < -0.4 is 15.5 Å². The summed E-state index contributed by atoms with van der Waals surface area (Å²) >= 11 is 0. The summed E-state index contributed by atoms with van der Waals surface area (Å²) in [6.45, 7) is 9.28. The Hall–Kier alpha value is -1.88. The van der Waals surface area contributed by atoms with Crippen molar-refractivity contribution in [3.63, 3.8) is 0 Å². The Morgan fingerprint density at radius 3 is 2.18 bits per heavy atom. The second-order valence-electron chi connectivity index (χ2n) is 6.32. The van der Waals surface area contributed by atoms with Crippen molar-refractivity contribution >= 4 is 17.5 Å². The molecule has 0 heterocycles. The van der Waals surface area contributed by atoms with Gasteiger partial charge in [0.1, 0.15) is 0 Å². The first-order valence-electron chi connectivity index (χ1n) is 7.73. The SMILES string of the molecule is Cc1cccc(C)c1NC(=O)C[NH+](C)CC(=O)NCC(C)C. The molecular weight excluding hydrogens is 278 g/mol. The number of carbonyl (C=O) groups is 2. The van der Waals surface area contributed by atoms with Gasteiger partial charge in [0.25, 0.3) is 11.8 Å². The Morgan fingerprint density at radius 2 is 1.64 bits per heavy atom. The Labute approximate surface area is 133 Å². The standard InChI is InChI=1S/C17H27N3O2/c1-12(2)9-18-15(21)10-20(5)11-16(22)19-17-13(3)7-6-8-14(17)4/h6-8,12H,9-11H2,1-5H3,(H,18,21)(H,19,22)/p+1. The Bertz CT molecular complexity index is 506. The molecule has 0 bridgehead atoms. The normalized spacial score (nSPS) is 12.1. The van der Waals surface area contributed by atoms with Gasteiger partial charge in [0.15, 0.2) is 13.1 Å². The lowest BCUT2D eigenvalue weighted by Crippen LogP contribution is -3.11. The van der Waals surface area contributed by atoms with E-state index >= 15 is 0 Å². The van der Waals surface area contributed by atoms with Gasteiger partial charge < -0.3 is 15.5 Å². The molecule has 1 rings (SSSR count). The van der Waals surface area contributed by atoms with Gasteiger partial charge in [-0.2, -0.15) is 0 Å². The molecule has 0 radical (unpaired) electrons. The van der Waals surface area contributed by atoms with Crippen molar-refractivity contribution in [1.82, 2.24) is 5.32 Å². The van der Waals surface area contributed by atoms with Crippen LogP contribution in [0.4, 0.5) is 5.69 Å². The van der Waals surface area contributed by atoms with Crippen LogP contribution in [0.1, 0.15) is 25.0 Å². The highest BCUT2D eigenvalue weighted by Gasteiger charge is 2.15. The minimum atomic E-state index is -0.0773. The highest BCUT2D eigenvalue weighted by atomic mass is 16.2. The summed E-state index contributed by atoms with van der Waals surface area (Å²) in [4.78, 5) is 24.7. The molecule has 0 spiro atoms. The van der Waals surface area contributed by atoms with E-state index in [1.807, 2.05) is 39.1 Å². The summed E-state index contributed by atoms with van der Waals surface area (Å²) in [7, 11) is 1.85. The van der Waals surface area contributed by atoms with E-state index in [2.05, 4.69) is 24.5 Å². The van der Waals surface area contributed by atoms with Gasteiger partial charge in [-0.05, 0) is 30.9 Å². The van der Waals surface area contributed by atoms with Crippen LogP contribution in [-0.4, -0.2) is 38.5 Å². The number of quaternary nitrogens is 1. The number of hydrogen-bond acceptors (Lipinski definition) is 2. The van der Waals surface area contributed by atoms with Crippen molar-refractivity contribution in [3.8, 4) is 0 Å². The van der Waals surface area contributed by atoms with E-state index in [4.69, 9.17) is 0 Å². The Morgan fingerprint density at radius 1 is 1.09 bits per heavy atom. The topological polar surface area (TPSA) is 62.6 Å². The average Bonchev–Trinajstić information content (AvgIpc) is 2.40. The first kappa shape index (κ1) is 18.2. The second kappa shape index (κ2) is 8.54. The van der Waals surface area contributed by atoms with Gasteiger partial charge in [-0.3, -0.25) is 9.59 Å². The second-order valence-corrected chi connectivity index (χ2v) is 6.32. The zero-order chi connectivity index (χ0) is 16.7. The molecule has 5 heteroatoms. The van der Waals surface area contributed by atoms with E-state index in [0.29, 0.717) is 19.0 Å². The van der Waals surface area contributed by atoms with Crippen LogP contribution >= 0.6 is 0 Å². The molecule has 122 valence electrons. The number of nitrogens with one attached hydrogen (secondary N) is 3. The average molecular weight is 306 g/mol. The fraction of sp³-hybridized carbons (Fsp3) is 0.529. The molecule has 0 fully saturated rings. The number of rotatable bonds is 7. The van der Waals surface area contributed by atoms with Crippen molar-refractivity contribution in [2.24, 2.45) is 5.92 Å². The number of aryl methyl sites for hydroxylation is 2. The number of anilines is 1. The van der Waals surface area contributed by atoms with Crippen LogP contribution in [0.3, 0.4) is 0 Å². The molecule has 3 N–H and O–H groups in total. The third-order valence-corrected chi connectivity index (χ3v) is 3.38. The molecule has 0 aliphatic rings. The molecule has 0 saturated carbocycles. The first-order valence-corrected chi connectivity index (χ1v) is 7.73. The lowest BCUT2D eigenvalue weighted by atomic mass is 10.1. The van der Waals surface area contributed by atoms with E-state index < -0.39 is 0 Å². The number of benzene rings is 1. The third kappa shape index (κ3) is 6.26. The van der Waals surface area contributed by atoms with Crippen molar-refractivity contribution in [2.45, 2.75) is 27.7 Å². The Balaban J connectivity index is 2.46. The third-order valence-electron chi connectivity index (χ3n) is 3.38. The van der Waals surface area contributed by atoms with Crippen molar-refractivity contribution < 1.29 is 14.5 Å². The molecular formula is C17H28N3O2+. The van der Waals surface area contributed by atoms with E-state index in [1.54, 1.807) is 0 Å². The molecule has 0 saturated heterocycles. The highest BCUT2D eigenvalue weighted by molar-refractivity contribution is 5.93. The van der Waals surface area contributed by atoms with Crippen LogP contribution in [-0.2, 0) is 9.59 Å². The highest BCUT2D eigenvalue weighted by Crippen LogP contribution is 2.18. The summed E-state index contributed by atoms with van der Waals surface area (Å²) in [6.07, 6.45) is 0. The van der Waals surface area contributed by atoms with Crippen LogP contribution in [0.5, 0.6) is 0 Å². The zero-order valence-electron chi connectivity index (χ0n) is 14.2. The maximum Gasteiger partial charge on any atom is 0.279 e. The van der Waals surface area contributed by atoms with Gasteiger partial charge in [0.05, 0.1) is 7.05 Å². The van der Waals surface area contributed by atoms with Crippen molar-refractivity contribution in [1.29, 1.82) is 0 Å². The molecule has 2 amide bonds. The predicted molar refractivity (Wildman–Crippen MR) is 89.0 cm³/mol. The summed E-state index contributed by atoms with van der Waals surface area (Å²) in [5.74, 6) is 0.328. The van der Waals surface area contributed by atoms with Gasteiger partial charge in [0.2, 0.25) is 0 Å². The number of likely N-dealkylation sites (N-methyl/N-ethyl adjacent to an activating group) is 1. The molecule has 1 atom stereocenters. The van der Waals surface area contributed by atoms with Crippen molar-refractivity contribution in [3.05, 3.63) is 29.3 Å². The summed E-state index contributed by atoms with van der Waals surface area (Å²) in [6, 6.07) is 5.91. The predicted octanol–water partition coefficient (Wildman–Crippen LogP) is 0.529. The number of amides is 2. The molecule has 22 heavy (non-hydrogen) atoms. The minimum absolute atomic E-state index is 0.0222. The quantitative estimate of drug-likeness (QED) is 0.688. The summed E-state index contributed by atoms with van der Waals surface area (Å²) in [5.41, 5.74) is 2.95. The number of carbonyl (C=O) groups excluding carboxylic acids is 2. The van der Waals surface area contributed by atoms with Gasteiger partial charge in [-0.25, -0.2) is 0 Å². The van der Waals surface area contributed by atoms with Crippen LogP contribution in [0, 0.1) is 19.8 Å². The molecule has 1 unspecified atom stereocenters. The van der Waals surface area contributed by atoms with E-state index in [1.165, 1.54) is 0 Å². The minimum Gasteiger partial charge on any atom is -0.351 e. The van der Waals surface area contributed by atoms with Crippen LogP contribution in [0.2, 0.25) is 0 Å². The lowest BCUT2D eigenvalue weighted by molar-refractivity contribution is -0.862. The van der Waals surface area contributed by atoms with E-state index in [-0.39, 0.29) is 18.4 Å². The fourth-order valence-corrected chi connectivity index (χ4v) is 2.19. The molecule has 0 aliphatic heterocycles. The van der Waals surface area contributed by atoms with Crippen LogP contribution in [0.25, 0.3) is 0 Å². The smallest absolute Gasteiger partial charge is 0.279 e. The molecule has 0 aromatic heterocycles. The molecule has 1 aromatic rings. The van der Waals surface area contributed by atoms with Gasteiger partial charge >= 0.3 is 0 Å². The first-order chi connectivity index (χ1) is 10.3. The fourth-order valence-electron chi connectivity index (χ4n) is 2.19. The van der Waals surface area contributed by atoms with Crippen LogP contribution in [0.15, 0.2) is 18.2 Å². The lowest BCUT2D eigenvalue weighted by Gasteiger charge is -2.16. The maximum atomic E-state index is 12.1. The molecule has 0 aliphatic carbocycles. The molecule has 1 aromatic carbocycles. The van der Waals surface area contributed by atoms with Gasteiger partial charge in [-0.1, -0.05) is 32.0 Å². The van der Waals surface area contributed by atoms with E-state index in [0.717, 1.165) is 21.7 Å². The Kier molecular flexibility index (Phi) is 7.05. The number of para-hydroxylation sites is 1. The van der Waals surface area contributed by atoms with E-state index in [9.17, 15) is 9.59 Å². The van der Waals surface area contributed by atoms with Crippen molar-refractivity contribution in [2.75, 3.05) is 32.0 Å². The van der Waals surface area contributed by atoms with Gasteiger partial charge in [-0.15, -0.1) is 0 Å². The largest absolute Gasteiger partial charge is 0.351 e. The maximum absolute atomic E-state index is 12.1. The monoisotopic (exact) mass is 306 g/mol. The van der Waals surface area contributed by atoms with Gasteiger partial charge in [0, 0.05) is 12.2 Å². The zero-order valence-corrected chi connectivity index (χ0v) is 14.2.